The molecule has 300 valence electrons. The van der Waals surface area contributed by atoms with E-state index in [1.165, 1.54) is 0 Å². The van der Waals surface area contributed by atoms with Crippen molar-refractivity contribution in [3.63, 3.8) is 0 Å². The van der Waals surface area contributed by atoms with Crippen molar-refractivity contribution in [3.8, 4) is 109 Å². The Morgan fingerprint density at radius 1 is 0.333 bits per heavy atom. The summed E-state index contributed by atoms with van der Waals surface area (Å²) in [5.74, 6) is 6.10. The summed E-state index contributed by atoms with van der Waals surface area (Å²) in [6.07, 6.45) is 3.57. The minimum absolute atomic E-state index is 0.516. The van der Waals surface area contributed by atoms with Gasteiger partial charge in [-0.15, -0.1) is 45.3 Å². The number of thiophene rings is 4. The number of hydrogen-bond acceptors (Lipinski definition) is 16. The highest BCUT2D eigenvalue weighted by atomic mass is 32.1. The zero-order valence-electron chi connectivity index (χ0n) is 31.6. The van der Waals surface area contributed by atoms with Gasteiger partial charge < -0.3 is 37.9 Å². The number of pyridine rings is 4. The van der Waals surface area contributed by atoms with Gasteiger partial charge >= 0.3 is 0 Å². The van der Waals surface area contributed by atoms with E-state index in [9.17, 15) is 0 Å². The molecule has 8 aromatic heterocycles. The normalized spacial score (nSPS) is 14.5. The van der Waals surface area contributed by atoms with Crippen molar-refractivity contribution < 1.29 is 37.9 Å². The van der Waals surface area contributed by atoms with E-state index in [0.29, 0.717) is 52.9 Å². The summed E-state index contributed by atoms with van der Waals surface area (Å²) in [7, 11) is 0. The van der Waals surface area contributed by atoms with Gasteiger partial charge in [0.25, 0.3) is 0 Å². The molecule has 12 nitrogen and oxygen atoms in total. The van der Waals surface area contributed by atoms with E-state index in [1.54, 1.807) is 57.7 Å². The fourth-order valence-corrected chi connectivity index (χ4v) is 11.1. The molecule has 12 rings (SSSR count). The van der Waals surface area contributed by atoms with Gasteiger partial charge in [-0.3, -0.25) is 9.97 Å². The average molecular weight is 873 g/mol. The van der Waals surface area contributed by atoms with Crippen LogP contribution in [0.5, 0.6) is 46.0 Å². The Kier molecular flexibility index (Phi) is 9.89. The quantitative estimate of drug-likeness (QED) is 0.158. The highest BCUT2D eigenvalue weighted by molar-refractivity contribution is 7.20. The van der Waals surface area contributed by atoms with Crippen molar-refractivity contribution in [1.82, 2.24) is 19.9 Å². The van der Waals surface area contributed by atoms with Crippen molar-refractivity contribution in [1.29, 1.82) is 0 Å². The molecular weight excluding hydrogens is 841 g/mol. The minimum Gasteiger partial charge on any atom is -0.485 e. The monoisotopic (exact) mass is 872 g/mol. The molecule has 0 aliphatic carbocycles. The predicted octanol–water partition coefficient (Wildman–Crippen LogP) is 10.3. The SMILES string of the molecule is c1ccc(-c2sc(-c3cccc(-c4scc5c4OCCO5)n3)c3c2OCCO3)nc1.c1ccc(-c2sc(-c3cccc(-c4scc5c4OCCO5)n3)c3c2OCCO3)nc1. The molecule has 0 fully saturated rings. The Morgan fingerprint density at radius 2 is 0.667 bits per heavy atom. The van der Waals surface area contributed by atoms with Crippen LogP contribution in [0.4, 0.5) is 0 Å². The molecule has 4 aliphatic heterocycles. The summed E-state index contributed by atoms with van der Waals surface area (Å²) >= 11 is 6.33. The molecule has 0 saturated heterocycles. The maximum Gasteiger partial charge on any atom is 0.182 e. The first-order valence-electron chi connectivity index (χ1n) is 19.1. The lowest BCUT2D eigenvalue weighted by molar-refractivity contribution is 0.174. The van der Waals surface area contributed by atoms with Crippen molar-refractivity contribution in [2.24, 2.45) is 0 Å². The second-order valence-electron chi connectivity index (χ2n) is 13.4. The number of aromatic nitrogens is 4. The van der Waals surface area contributed by atoms with Crippen LogP contribution in [-0.2, 0) is 0 Å². The van der Waals surface area contributed by atoms with Crippen molar-refractivity contribution in [3.05, 3.63) is 96.0 Å². The number of fused-ring (bicyclic) bond motifs is 4. The predicted molar refractivity (Wildman–Crippen MR) is 232 cm³/mol. The van der Waals surface area contributed by atoms with E-state index in [0.717, 1.165) is 109 Å². The van der Waals surface area contributed by atoms with E-state index < -0.39 is 0 Å². The van der Waals surface area contributed by atoms with E-state index in [1.807, 2.05) is 83.6 Å². The van der Waals surface area contributed by atoms with Gasteiger partial charge in [0.05, 0.1) is 63.4 Å². The Hall–Kier alpha value is -6.20. The van der Waals surface area contributed by atoms with Crippen molar-refractivity contribution in [2.45, 2.75) is 0 Å². The molecule has 0 aromatic carbocycles. The van der Waals surface area contributed by atoms with E-state index in [4.69, 9.17) is 47.9 Å². The van der Waals surface area contributed by atoms with Crippen molar-refractivity contribution >= 4 is 45.3 Å². The number of hydrogen-bond donors (Lipinski definition) is 0. The Morgan fingerprint density at radius 3 is 1.05 bits per heavy atom. The minimum atomic E-state index is 0.516. The van der Waals surface area contributed by atoms with Gasteiger partial charge in [-0.05, 0) is 48.5 Å². The van der Waals surface area contributed by atoms with Gasteiger partial charge in [0.15, 0.2) is 46.0 Å². The molecule has 0 radical (unpaired) electrons. The fraction of sp³-hybridized carbons (Fsp3) is 0.182. The third kappa shape index (κ3) is 6.84. The van der Waals surface area contributed by atoms with Gasteiger partial charge in [0.2, 0.25) is 0 Å². The van der Waals surface area contributed by atoms with Crippen LogP contribution in [-0.4, -0.2) is 72.8 Å². The van der Waals surface area contributed by atoms with Crippen LogP contribution in [0.2, 0.25) is 0 Å². The zero-order chi connectivity index (χ0) is 39.8. The van der Waals surface area contributed by atoms with E-state index in [-0.39, 0.29) is 0 Å². The molecule has 4 aliphatic rings. The van der Waals surface area contributed by atoms with Gasteiger partial charge in [-0.1, -0.05) is 24.3 Å². The van der Waals surface area contributed by atoms with Gasteiger partial charge in [0.1, 0.15) is 52.9 Å². The smallest absolute Gasteiger partial charge is 0.182 e. The molecule has 0 saturated carbocycles. The lowest BCUT2D eigenvalue weighted by Crippen LogP contribution is -2.15. The summed E-state index contributed by atoms with van der Waals surface area (Å²) in [4.78, 5) is 24.6. The molecule has 16 heteroatoms. The summed E-state index contributed by atoms with van der Waals surface area (Å²) in [5, 5.41) is 3.95. The van der Waals surface area contributed by atoms with Crippen LogP contribution in [0.15, 0.2) is 96.0 Å². The molecular formula is C44H32N4O8S4. The largest absolute Gasteiger partial charge is 0.485 e. The Bertz CT molecular complexity index is 2630. The average Bonchev–Trinajstić information content (AvgIpc) is 4.13. The molecule has 0 spiro atoms. The highest BCUT2D eigenvalue weighted by Crippen LogP contribution is 2.55. The fourth-order valence-electron chi connectivity index (χ4n) is 7.02. The van der Waals surface area contributed by atoms with Crippen LogP contribution in [0.1, 0.15) is 0 Å². The van der Waals surface area contributed by atoms with Crippen LogP contribution in [0.25, 0.3) is 63.4 Å². The zero-order valence-corrected chi connectivity index (χ0v) is 34.8. The molecule has 0 bridgehead atoms. The maximum absolute atomic E-state index is 6.01. The summed E-state index contributed by atoms with van der Waals surface area (Å²) in [6.45, 7) is 4.33. The number of rotatable bonds is 6. The maximum atomic E-state index is 6.01. The van der Waals surface area contributed by atoms with Crippen LogP contribution in [0, 0.1) is 0 Å². The first-order chi connectivity index (χ1) is 29.8. The molecule has 8 aromatic rings. The lowest BCUT2D eigenvalue weighted by atomic mass is 10.2. The highest BCUT2D eigenvalue weighted by Gasteiger charge is 2.30. The summed E-state index contributed by atoms with van der Waals surface area (Å²) in [5.41, 5.74) is 5.10. The Labute approximate surface area is 359 Å². The molecule has 0 unspecified atom stereocenters. The van der Waals surface area contributed by atoms with Gasteiger partial charge in [0, 0.05) is 23.2 Å². The third-order valence-electron chi connectivity index (χ3n) is 9.62. The topological polar surface area (TPSA) is 125 Å². The van der Waals surface area contributed by atoms with E-state index >= 15 is 0 Å². The van der Waals surface area contributed by atoms with Crippen LogP contribution < -0.4 is 37.9 Å². The van der Waals surface area contributed by atoms with Gasteiger partial charge in [-0.2, -0.15) is 0 Å². The molecule has 0 amide bonds. The summed E-state index contributed by atoms with van der Waals surface area (Å²) in [6, 6.07) is 23.7. The molecule has 60 heavy (non-hydrogen) atoms. The van der Waals surface area contributed by atoms with Crippen molar-refractivity contribution in [2.75, 3.05) is 52.9 Å². The lowest BCUT2D eigenvalue weighted by Gasteiger charge is -2.17. The van der Waals surface area contributed by atoms with Crippen LogP contribution in [0.3, 0.4) is 0 Å². The van der Waals surface area contributed by atoms with E-state index in [2.05, 4.69) is 9.97 Å². The standard InChI is InChI=1S/2C22H16N2O4S2/c2*1-2-7-23-13(4-1)21-18-19(28-11-10-27-18)22(30-21)15-6-3-5-14(24-15)20-17-16(12-29-20)25-8-9-26-17/h2*1-7,12H,8-11H2. The molecule has 12 heterocycles. The second-order valence-corrected chi connectivity index (χ2v) is 17.2. The first kappa shape index (κ1) is 36.8. The number of nitrogens with zero attached hydrogens (tertiary/aromatic N) is 4. The molecule has 0 N–H and O–H groups in total. The second kappa shape index (κ2) is 16.1. The summed E-state index contributed by atoms with van der Waals surface area (Å²) < 4.78 is 47.0. The Balaban J connectivity index is 0.000000136. The van der Waals surface area contributed by atoms with Crippen LogP contribution >= 0.6 is 45.3 Å². The molecule has 0 atom stereocenters. The first-order valence-corrected chi connectivity index (χ1v) is 22.5. The third-order valence-corrected chi connectivity index (χ3v) is 13.9. The van der Waals surface area contributed by atoms with Gasteiger partial charge in [-0.25, -0.2) is 9.97 Å². The number of ether oxygens (including phenoxy) is 8.